The van der Waals surface area contributed by atoms with E-state index in [1.165, 1.54) is 64.2 Å². The van der Waals surface area contributed by atoms with Gasteiger partial charge in [0.15, 0.2) is 5.96 Å². The van der Waals surface area contributed by atoms with Gasteiger partial charge in [0.1, 0.15) is 0 Å². The van der Waals surface area contributed by atoms with Crippen LogP contribution >= 0.6 is 24.0 Å². The topological polar surface area (TPSA) is 30.9 Å². The van der Waals surface area contributed by atoms with E-state index in [0.717, 1.165) is 18.5 Å². The van der Waals surface area contributed by atoms with E-state index in [0.29, 0.717) is 6.04 Å². The number of nitrogens with one attached hydrogen (secondary N) is 1. The first-order valence-corrected chi connectivity index (χ1v) is 8.58. The molecular formula is C16H31IN4. The summed E-state index contributed by atoms with van der Waals surface area (Å²) in [4.78, 5) is 9.92. The van der Waals surface area contributed by atoms with Crippen molar-refractivity contribution in [3.8, 4) is 0 Å². The quantitative estimate of drug-likeness (QED) is 0.444. The first kappa shape index (κ1) is 17.3. The second kappa shape index (κ2) is 7.99. The number of likely N-dealkylation sites (tertiary alicyclic amines) is 2. The number of hydrogen-bond acceptors (Lipinski definition) is 2. The molecule has 3 fully saturated rings. The van der Waals surface area contributed by atoms with Gasteiger partial charge in [-0.05, 0) is 51.6 Å². The molecule has 0 aromatic rings. The Bertz CT molecular complexity index is 354. The molecule has 2 aliphatic heterocycles. The summed E-state index contributed by atoms with van der Waals surface area (Å²) in [7, 11) is 0. The number of hydrogen-bond donors (Lipinski definition) is 1. The maximum absolute atomic E-state index is 4.71. The zero-order valence-electron chi connectivity index (χ0n) is 13.6. The molecule has 1 aliphatic carbocycles. The summed E-state index contributed by atoms with van der Waals surface area (Å²) >= 11 is 0. The van der Waals surface area contributed by atoms with E-state index >= 15 is 0 Å². The zero-order valence-corrected chi connectivity index (χ0v) is 15.9. The van der Waals surface area contributed by atoms with E-state index in [2.05, 4.69) is 29.0 Å². The molecule has 0 aromatic heterocycles. The number of halogens is 1. The fourth-order valence-corrected chi connectivity index (χ4v) is 3.59. The molecule has 2 heterocycles. The van der Waals surface area contributed by atoms with Crippen LogP contribution in [0.4, 0.5) is 0 Å². The maximum atomic E-state index is 4.71. The number of nitrogens with zero attached hydrogens (tertiary/aromatic N) is 3. The Balaban J connectivity index is 0.00000161. The summed E-state index contributed by atoms with van der Waals surface area (Å²) in [6.45, 7) is 10.3. The minimum Gasteiger partial charge on any atom is -0.353 e. The first-order valence-electron chi connectivity index (χ1n) is 8.58. The average molecular weight is 406 g/mol. The van der Waals surface area contributed by atoms with Gasteiger partial charge >= 0.3 is 0 Å². The van der Waals surface area contributed by atoms with Crippen molar-refractivity contribution in [2.24, 2.45) is 10.9 Å². The van der Waals surface area contributed by atoms with Gasteiger partial charge in [0.25, 0.3) is 0 Å². The largest absolute Gasteiger partial charge is 0.353 e. The fraction of sp³-hybridized carbons (Fsp3) is 0.938. The first-order chi connectivity index (χ1) is 9.78. The highest BCUT2D eigenvalue weighted by Gasteiger charge is 2.36. The smallest absolute Gasteiger partial charge is 0.194 e. The standard InChI is InChI=1S/C16H30N4.HI/c1-3-17-16(18-15-11-13(15)2)20-10-7-14(12-20)19-8-5-4-6-9-19;/h13-15H,3-12H2,1-2H3,(H,17,18);1H. The zero-order chi connectivity index (χ0) is 13.9. The molecule has 0 radical (unpaired) electrons. The summed E-state index contributed by atoms with van der Waals surface area (Å²) in [5.41, 5.74) is 0. The van der Waals surface area contributed by atoms with Crippen molar-refractivity contribution in [3.63, 3.8) is 0 Å². The Hall–Kier alpha value is -0.0400. The van der Waals surface area contributed by atoms with Gasteiger partial charge in [-0.3, -0.25) is 9.89 Å². The lowest BCUT2D eigenvalue weighted by atomic mass is 10.1. The molecule has 0 amide bonds. The number of aliphatic imine (C=N–C) groups is 1. The Kier molecular flexibility index (Phi) is 6.59. The van der Waals surface area contributed by atoms with Gasteiger partial charge in [0.05, 0.1) is 0 Å². The van der Waals surface area contributed by atoms with E-state index in [4.69, 9.17) is 4.99 Å². The highest BCUT2D eigenvalue weighted by Crippen LogP contribution is 2.29. The molecule has 5 heteroatoms. The highest BCUT2D eigenvalue weighted by molar-refractivity contribution is 14.0. The SMILES string of the molecule is CCN=C(NC1CC1C)N1CCC(N2CCCCC2)C1.I. The van der Waals surface area contributed by atoms with Crippen LogP contribution in [-0.4, -0.2) is 60.6 Å². The van der Waals surface area contributed by atoms with Crippen LogP contribution in [0.2, 0.25) is 0 Å². The summed E-state index contributed by atoms with van der Waals surface area (Å²) in [5.74, 6) is 2.00. The number of piperidine rings is 1. The molecule has 0 spiro atoms. The molecule has 1 saturated carbocycles. The van der Waals surface area contributed by atoms with E-state index in [1.54, 1.807) is 0 Å². The molecule has 3 aliphatic rings. The molecule has 1 N–H and O–H groups in total. The number of rotatable bonds is 3. The van der Waals surface area contributed by atoms with Gasteiger partial charge in [0.2, 0.25) is 0 Å². The number of guanidine groups is 1. The van der Waals surface area contributed by atoms with Crippen molar-refractivity contribution < 1.29 is 0 Å². The second-order valence-corrected chi connectivity index (χ2v) is 6.75. The normalized spacial score (nSPS) is 33.7. The van der Waals surface area contributed by atoms with Crippen LogP contribution in [0, 0.1) is 5.92 Å². The van der Waals surface area contributed by atoms with E-state index in [1.807, 2.05) is 0 Å². The third-order valence-electron chi connectivity index (χ3n) is 5.10. The van der Waals surface area contributed by atoms with Crippen LogP contribution in [-0.2, 0) is 0 Å². The van der Waals surface area contributed by atoms with E-state index in [-0.39, 0.29) is 24.0 Å². The molecule has 3 unspecified atom stereocenters. The minimum atomic E-state index is 0. The van der Waals surface area contributed by atoms with E-state index < -0.39 is 0 Å². The van der Waals surface area contributed by atoms with Gasteiger partial charge in [-0.25, -0.2) is 0 Å². The predicted octanol–water partition coefficient (Wildman–Crippen LogP) is 2.54. The summed E-state index contributed by atoms with van der Waals surface area (Å²) in [5, 5.41) is 3.66. The van der Waals surface area contributed by atoms with Gasteiger partial charge in [0, 0.05) is 31.7 Å². The lowest BCUT2D eigenvalue weighted by Gasteiger charge is -2.32. The Labute approximate surface area is 146 Å². The van der Waals surface area contributed by atoms with Crippen LogP contribution in [0.15, 0.2) is 4.99 Å². The molecule has 21 heavy (non-hydrogen) atoms. The molecule has 0 bridgehead atoms. The van der Waals surface area contributed by atoms with Crippen LogP contribution in [0.25, 0.3) is 0 Å². The molecule has 4 nitrogen and oxygen atoms in total. The second-order valence-electron chi connectivity index (χ2n) is 6.75. The van der Waals surface area contributed by atoms with Gasteiger partial charge in [-0.15, -0.1) is 24.0 Å². The Morgan fingerprint density at radius 3 is 2.52 bits per heavy atom. The molecule has 3 rings (SSSR count). The maximum Gasteiger partial charge on any atom is 0.194 e. The Morgan fingerprint density at radius 1 is 1.19 bits per heavy atom. The predicted molar refractivity (Wildman–Crippen MR) is 99.5 cm³/mol. The molecule has 3 atom stereocenters. The molecular weight excluding hydrogens is 375 g/mol. The Morgan fingerprint density at radius 2 is 1.90 bits per heavy atom. The van der Waals surface area contributed by atoms with Crippen molar-refractivity contribution in [1.29, 1.82) is 0 Å². The third-order valence-corrected chi connectivity index (χ3v) is 5.10. The average Bonchev–Trinajstić information content (AvgIpc) is 2.98. The summed E-state index contributed by atoms with van der Waals surface area (Å²) in [6.07, 6.45) is 6.84. The van der Waals surface area contributed by atoms with Crippen LogP contribution in [0.1, 0.15) is 46.0 Å². The minimum absolute atomic E-state index is 0. The molecule has 0 aromatic carbocycles. The monoisotopic (exact) mass is 406 g/mol. The highest BCUT2D eigenvalue weighted by atomic mass is 127. The molecule has 122 valence electrons. The van der Waals surface area contributed by atoms with Crippen molar-refractivity contribution in [1.82, 2.24) is 15.1 Å². The van der Waals surface area contributed by atoms with E-state index in [9.17, 15) is 0 Å². The van der Waals surface area contributed by atoms with Crippen LogP contribution in [0.3, 0.4) is 0 Å². The van der Waals surface area contributed by atoms with Crippen molar-refractivity contribution in [2.45, 2.75) is 58.0 Å². The lowest BCUT2D eigenvalue weighted by molar-refractivity contribution is 0.168. The third kappa shape index (κ3) is 4.47. The molecule has 2 saturated heterocycles. The van der Waals surface area contributed by atoms with Crippen molar-refractivity contribution in [3.05, 3.63) is 0 Å². The van der Waals surface area contributed by atoms with Crippen LogP contribution in [0.5, 0.6) is 0 Å². The van der Waals surface area contributed by atoms with Crippen molar-refractivity contribution in [2.75, 3.05) is 32.7 Å². The van der Waals surface area contributed by atoms with Gasteiger partial charge < -0.3 is 10.2 Å². The fourth-order valence-electron chi connectivity index (χ4n) is 3.59. The van der Waals surface area contributed by atoms with Gasteiger partial charge in [-0.1, -0.05) is 13.3 Å². The van der Waals surface area contributed by atoms with Gasteiger partial charge in [-0.2, -0.15) is 0 Å². The summed E-state index contributed by atoms with van der Waals surface area (Å²) < 4.78 is 0. The lowest BCUT2D eigenvalue weighted by Crippen LogP contribution is -2.45. The van der Waals surface area contributed by atoms with Crippen LogP contribution < -0.4 is 5.32 Å². The van der Waals surface area contributed by atoms with Crippen molar-refractivity contribution >= 4 is 29.9 Å². The summed E-state index contributed by atoms with van der Waals surface area (Å²) in [6, 6.07) is 1.44.